The molecule has 0 fully saturated rings. The van der Waals surface area contributed by atoms with Crippen LogP contribution in [-0.2, 0) is 14.6 Å². The molecular weight excluding hydrogens is 256 g/mol. The van der Waals surface area contributed by atoms with Crippen molar-refractivity contribution in [3.05, 3.63) is 18.3 Å². The van der Waals surface area contributed by atoms with Crippen molar-refractivity contribution in [2.24, 2.45) is 5.92 Å². The molecule has 1 aromatic rings. The minimum absolute atomic E-state index is 0.0643. The van der Waals surface area contributed by atoms with E-state index in [1.807, 2.05) is 0 Å². The Balaban J connectivity index is 3.02. The van der Waals surface area contributed by atoms with Gasteiger partial charge in [-0.05, 0) is 26.0 Å². The molecule has 100 valence electrons. The third-order valence-electron chi connectivity index (χ3n) is 2.67. The third kappa shape index (κ3) is 3.43. The van der Waals surface area contributed by atoms with Gasteiger partial charge in [0, 0.05) is 18.5 Å². The van der Waals surface area contributed by atoms with E-state index in [-0.39, 0.29) is 10.7 Å². The van der Waals surface area contributed by atoms with Crippen molar-refractivity contribution >= 4 is 21.6 Å². The van der Waals surface area contributed by atoms with Gasteiger partial charge in [-0.2, -0.15) is 0 Å². The molecule has 1 aromatic heterocycles. The topological polar surface area (TPSA) is 96.4 Å². The van der Waals surface area contributed by atoms with Crippen LogP contribution < -0.4 is 5.32 Å². The van der Waals surface area contributed by atoms with E-state index >= 15 is 0 Å². The first kappa shape index (κ1) is 14.4. The first-order chi connectivity index (χ1) is 8.23. The summed E-state index contributed by atoms with van der Waals surface area (Å²) in [5, 5.41) is 11.7. The Bertz CT molecular complexity index is 542. The van der Waals surface area contributed by atoms with Gasteiger partial charge in [-0.3, -0.25) is 4.79 Å². The summed E-state index contributed by atoms with van der Waals surface area (Å²) in [5.41, 5.74) is 0. The fourth-order valence-electron chi connectivity index (χ4n) is 1.35. The minimum atomic E-state index is -3.40. The van der Waals surface area contributed by atoms with E-state index in [2.05, 4.69) is 10.3 Å². The summed E-state index contributed by atoms with van der Waals surface area (Å²) in [5.74, 6) is -1.42. The van der Waals surface area contributed by atoms with Crippen LogP contribution >= 0.6 is 0 Å². The van der Waals surface area contributed by atoms with Crippen molar-refractivity contribution in [3.63, 3.8) is 0 Å². The molecule has 0 bridgehead atoms. The van der Waals surface area contributed by atoms with Crippen LogP contribution in [0, 0.1) is 5.92 Å². The van der Waals surface area contributed by atoms with Crippen LogP contribution in [0.1, 0.15) is 13.8 Å². The van der Waals surface area contributed by atoms with Crippen LogP contribution in [0.2, 0.25) is 0 Å². The normalized spacial score (nSPS) is 14.8. The van der Waals surface area contributed by atoms with Gasteiger partial charge in [0.25, 0.3) is 0 Å². The van der Waals surface area contributed by atoms with E-state index < -0.39 is 27.8 Å². The smallest absolute Gasteiger partial charge is 0.308 e. The van der Waals surface area contributed by atoms with Gasteiger partial charge in [-0.15, -0.1) is 0 Å². The summed E-state index contributed by atoms with van der Waals surface area (Å²) in [6.45, 7) is 3.21. The van der Waals surface area contributed by atoms with Gasteiger partial charge in [0.1, 0.15) is 10.7 Å². The fourth-order valence-corrected chi connectivity index (χ4v) is 2.14. The third-order valence-corrected chi connectivity index (χ3v) is 3.80. The summed E-state index contributed by atoms with van der Waals surface area (Å²) in [7, 11) is -3.40. The van der Waals surface area contributed by atoms with Crippen LogP contribution in [0.3, 0.4) is 0 Å². The maximum absolute atomic E-state index is 11.5. The van der Waals surface area contributed by atoms with E-state index in [1.54, 1.807) is 13.8 Å². The summed E-state index contributed by atoms with van der Waals surface area (Å²) >= 11 is 0. The van der Waals surface area contributed by atoms with E-state index in [9.17, 15) is 13.2 Å². The molecule has 18 heavy (non-hydrogen) atoms. The highest BCUT2D eigenvalue weighted by molar-refractivity contribution is 7.90. The lowest BCUT2D eigenvalue weighted by atomic mass is 10.0. The second-order valence-corrected chi connectivity index (χ2v) is 6.17. The molecule has 0 spiro atoms. The molecule has 0 radical (unpaired) electrons. The second-order valence-electron chi connectivity index (χ2n) is 4.18. The van der Waals surface area contributed by atoms with Crippen LogP contribution in [0.25, 0.3) is 0 Å². The lowest BCUT2D eigenvalue weighted by molar-refractivity contribution is -0.141. The average molecular weight is 272 g/mol. The molecule has 0 aromatic carbocycles. The van der Waals surface area contributed by atoms with Crippen molar-refractivity contribution in [2.45, 2.75) is 24.8 Å². The molecule has 0 amide bonds. The second kappa shape index (κ2) is 5.34. The van der Waals surface area contributed by atoms with Gasteiger partial charge in [0.05, 0.1) is 5.92 Å². The zero-order valence-corrected chi connectivity index (χ0v) is 11.2. The van der Waals surface area contributed by atoms with Gasteiger partial charge < -0.3 is 10.4 Å². The quantitative estimate of drug-likeness (QED) is 0.830. The Labute approximate surface area is 106 Å². The number of carbonyl (C=O) groups is 1. The first-order valence-corrected chi connectivity index (χ1v) is 7.27. The van der Waals surface area contributed by atoms with Crippen molar-refractivity contribution in [1.29, 1.82) is 0 Å². The van der Waals surface area contributed by atoms with Crippen LogP contribution in [-0.4, -0.2) is 36.8 Å². The van der Waals surface area contributed by atoms with E-state index in [4.69, 9.17) is 5.11 Å². The first-order valence-electron chi connectivity index (χ1n) is 5.38. The van der Waals surface area contributed by atoms with Gasteiger partial charge in [0.2, 0.25) is 0 Å². The predicted octanol–water partition coefficient (Wildman–Crippen LogP) is 1.01. The van der Waals surface area contributed by atoms with Crippen molar-refractivity contribution in [1.82, 2.24) is 4.98 Å². The number of carboxylic acid groups (broad SMARTS) is 1. The Morgan fingerprint density at radius 1 is 1.44 bits per heavy atom. The van der Waals surface area contributed by atoms with Gasteiger partial charge >= 0.3 is 5.97 Å². The maximum atomic E-state index is 11.5. The van der Waals surface area contributed by atoms with Crippen LogP contribution in [0.15, 0.2) is 23.2 Å². The number of nitrogens with one attached hydrogen (secondary N) is 1. The zero-order valence-electron chi connectivity index (χ0n) is 10.4. The molecule has 0 saturated carbocycles. The lowest BCUT2D eigenvalue weighted by Crippen LogP contribution is -2.30. The number of rotatable bonds is 5. The largest absolute Gasteiger partial charge is 0.481 e. The maximum Gasteiger partial charge on any atom is 0.308 e. The van der Waals surface area contributed by atoms with Crippen molar-refractivity contribution in [3.8, 4) is 0 Å². The number of sulfone groups is 1. The fraction of sp³-hybridized carbons (Fsp3) is 0.455. The molecule has 6 nitrogen and oxygen atoms in total. The number of aromatic nitrogens is 1. The number of nitrogens with zero attached hydrogens (tertiary/aromatic N) is 1. The minimum Gasteiger partial charge on any atom is -0.481 e. The number of hydrogen-bond acceptors (Lipinski definition) is 5. The molecule has 2 N–H and O–H groups in total. The molecular formula is C11H16N2O4S. The van der Waals surface area contributed by atoms with Crippen molar-refractivity contribution < 1.29 is 18.3 Å². The number of aliphatic carboxylic acids is 1. The molecule has 0 aliphatic carbocycles. The predicted molar refractivity (Wildman–Crippen MR) is 67.2 cm³/mol. The monoisotopic (exact) mass is 272 g/mol. The Kier molecular flexibility index (Phi) is 4.28. The van der Waals surface area contributed by atoms with Crippen LogP contribution in [0.4, 0.5) is 5.82 Å². The van der Waals surface area contributed by atoms with Gasteiger partial charge in [-0.1, -0.05) is 0 Å². The molecule has 1 heterocycles. The van der Waals surface area contributed by atoms with E-state index in [0.717, 1.165) is 6.26 Å². The lowest BCUT2D eigenvalue weighted by Gasteiger charge is -2.19. The molecule has 2 unspecified atom stereocenters. The number of hydrogen-bond donors (Lipinski definition) is 2. The number of carboxylic acids is 1. The number of pyridine rings is 1. The molecule has 0 saturated heterocycles. The zero-order chi connectivity index (χ0) is 13.9. The van der Waals surface area contributed by atoms with E-state index in [1.165, 1.54) is 18.3 Å². The molecule has 2 atom stereocenters. The van der Waals surface area contributed by atoms with Crippen molar-refractivity contribution in [2.75, 3.05) is 11.6 Å². The molecule has 1 rings (SSSR count). The highest BCUT2D eigenvalue weighted by atomic mass is 32.2. The Morgan fingerprint density at radius 2 is 2.06 bits per heavy atom. The molecule has 0 aliphatic heterocycles. The van der Waals surface area contributed by atoms with Gasteiger partial charge in [-0.25, -0.2) is 13.4 Å². The van der Waals surface area contributed by atoms with E-state index in [0.29, 0.717) is 0 Å². The highest BCUT2D eigenvalue weighted by Gasteiger charge is 2.22. The Hall–Kier alpha value is -1.63. The standard InChI is InChI=1S/C11H16N2O4S/c1-7(11(14)15)8(2)13-10-9(18(3,16)17)5-4-6-12-10/h4-8H,1-3H3,(H,12,13)(H,14,15). The highest BCUT2D eigenvalue weighted by Crippen LogP contribution is 2.20. The number of anilines is 1. The van der Waals surface area contributed by atoms with Crippen LogP contribution in [0.5, 0.6) is 0 Å². The molecule has 0 aliphatic rings. The Morgan fingerprint density at radius 3 is 2.56 bits per heavy atom. The SMILES string of the molecule is CC(Nc1ncccc1S(C)(=O)=O)C(C)C(=O)O. The molecule has 7 heteroatoms. The average Bonchev–Trinajstić information content (AvgIpc) is 2.27. The van der Waals surface area contributed by atoms with Gasteiger partial charge in [0.15, 0.2) is 9.84 Å². The summed E-state index contributed by atoms with van der Waals surface area (Å²) in [4.78, 5) is 14.8. The summed E-state index contributed by atoms with van der Waals surface area (Å²) in [6.07, 6.45) is 2.54. The summed E-state index contributed by atoms with van der Waals surface area (Å²) in [6, 6.07) is 2.52. The summed E-state index contributed by atoms with van der Waals surface area (Å²) < 4.78 is 23.1.